The van der Waals surface area contributed by atoms with Gasteiger partial charge in [-0.05, 0) is 17.7 Å². The van der Waals surface area contributed by atoms with Gasteiger partial charge < -0.3 is 69.0 Å². The van der Waals surface area contributed by atoms with E-state index in [1.807, 2.05) is 0 Å². The minimum atomic E-state index is -1.95. The zero-order valence-electron chi connectivity index (χ0n) is 22.1. The average molecular weight is 595 g/mol. The van der Waals surface area contributed by atoms with Crippen molar-refractivity contribution in [3.05, 3.63) is 46.8 Å². The molecule has 0 bridgehead atoms. The van der Waals surface area contributed by atoms with Crippen LogP contribution in [0.4, 0.5) is 0 Å². The number of phenolic OH excluding ortho intramolecular Hbond substituents is 2. The molecule has 2 saturated heterocycles. The van der Waals surface area contributed by atoms with Gasteiger partial charge in [-0.1, -0.05) is 12.1 Å². The maximum atomic E-state index is 13.3. The van der Waals surface area contributed by atoms with Crippen LogP contribution in [0.1, 0.15) is 0 Å². The van der Waals surface area contributed by atoms with Crippen LogP contribution in [-0.2, 0) is 14.2 Å². The van der Waals surface area contributed by atoms with Gasteiger partial charge in [0.25, 0.3) is 0 Å². The Hall–Kier alpha value is -3.51. The average Bonchev–Trinajstić information content (AvgIpc) is 3.27. The highest BCUT2D eigenvalue weighted by atomic mass is 16.7. The molecule has 2 aromatic carbocycles. The summed E-state index contributed by atoms with van der Waals surface area (Å²) >= 11 is 0. The molecule has 5 rings (SSSR count). The summed E-state index contributed by atoms with van der Waals surface area (Å²) in [5, 5.41) is 81.3. The lowest BCUT2D eigenvalue weighted by atomic mass is 9.99. The molecule has 15 nitrogen and oxygen atoms in total. The molecule has 8 unspecified atom stereocenters. The van der Waals surface area contributed by atoms with Gasteiger partial charge in [0, 0.05) is 6.07 Å². The largest absolute Gasteiger partial charge is 0.508 e. The Bertz CT molecular complexity index is 1470. The van der Waals surface area contributed by atoms with Crippen molar-refractivity contribution in [1.29, 1.82) is 0 Å². The van der Waals surface area contributed by atoms with E-state index in [2.05, 4.69) is 0 Å². The van der Waals surface area contributed by atoms with Crippen molar-refractivity contribution < 1.29 is 69.0 Å². The van der Waals surface area contributed by atoms with E-state index in [1.165, 1.54) is 37.4 Å². The van der Waals surface area contributed by atoms with E-state index < -0.39 is 79.7 Å². The van der Waals surface area contributed by atoms with Crippen LogP contribution >= 0.6 is 0 Å². The number of ether oxygens (including phenoxy) is 5. The van der Waals surface area contributed by atoms with E-state index in [0.717, 1.165) is 6.26 Å². The Balaban J connectivity index is 1.40. The summed E-state index contributed by atoms with van der Waals surface area (Å²) in [5.74, 6) is -1.23. The fourth-order valence-electron chi connectivity index (χ4n) is 4.75. The first-order valence-corrected chi connectivity index (χ1v) is 12.7. The predicted molar refractivity (Wildman–Crippen MR) is 139 cm³/mol. The number of hydrogen-bond donors (Lipinski definition) is 8. The van der Waals surface area contributed by atoms with Crippen LogP contribution in [0, 0.1) is 0 Å². The van der Waals surface area contributed by atoms with E-state index in [0.29, 0.717) is 5.56 Å². The van der Waals surface area contributed by atoms with E-state index in [4.69, 9.17) is 28.1 Å². The molecule has 42 heavy (non-hydrogen) atoms. The quantitative estimate of drug-likeness (QED) is 0.148. The molecule has 15 heteroatoms. The summed E-state index contributed by atoms with van der Waals surface area (Å²) in [6.07, 6.45) is -10.2. The third-order valence-corrected chi connectivity index (χ3v) is 7.26. The minimum absolute atomic E-state index is 0.00728. The fourth-order valence-corrected chi connectivity index (χ4v) is 4.75. The van der Waals surface area contributed by atoms with Crippen LogP contribution in [0.25, 0.3) is 22.1 Å². The molecular formula is C27H30O15. The second kappa shape index (κ2) is 11.6. The highest BCUT2D eigenvalue weighted by Gasteiger charge is 2.50. The fraction of sp³-hybridized carbons (Fsp3) is 0.444. The van der Waals surface area contributed by atoms with Crippen LogP contribution in [0.2, 0.25) is 0 Å². The molecule has 2 fully saturated rings. The van der Waals surface area contributed by atoms with Crippen molar-refractivity contribution in [2.24, 2.45) is 0 Å². The molecule has 2 aliphatic heterocycles. The molecule has 0 amide bonds. The highest BCUT2D eigenvalue weighted by Crippen LogP contribution is 2.43. The second-order valence-corrected chi connectivity index (χ2v) is 10.0. The molecule has 0 saturated carbocycles. The van der Waals surface area contributed by atoms with E-state index >= 15 is 0 Å². The predicted octanol–water partition coefficient (Wildman–Crippen LogP) is -1.48. The van der Waals surface area contributed by atoms with Crippen LogP contribution in [-0.4, -0.2) is 116 Å². The smallest absolute Gasteiger partial charge is 0.229 e. The van der Waals surface area contributed by atoms with Crippen LogP contribution in [0.15, 0.2) is 45.8 Å². The molecule has 3 heterocycles. The minimum Gasteiger partial charge on any atom is -0.508 e. The zero-order valence-corrected chi connectivity index (χ0v) is 22.1. The molecular weight excluding hydrogens is 564 g/mol. The Morgan fingerprint density at radius 1 is 1.02 bits per heavy atom. The van der Waals surface area contributed by atoms with Crippen molar-refractivity contribution in [2.45, 2.75) is 48.7 Å². The first-order chi connectivity index (χ1) is 20.0. The Morgan fingerprint density at radius 2 is 1.74 bits per heavy atom. The van der Waals surface area contributed by atoms with Gasteiger partial charge in [0.15, 0.2) is 17.8 Å². The van der Waals surface area contributed by atoms with E-state index in [9.17, 15) is 45.6 Å². The van der Waals surface area contributed by atoms with Crippen LogP contribution in [0.3, 0.4) is 0 Å². The molecule has 0 spiro atoms. The Labute approximate surface area is 236 Å². The summed E-state index contributed by atoms with van der Waals surface area (Å²) in [6.45, 7) is -1.73. The van der Waals surface area contributed by atoms with Crippen LogP contribution < -0.4 is 14.9 Å². The number of fused-ring (bicyclic) bond motifs is 1. The SMILES string of the molecule is COc1c(OC2OC(COC3OCC(O)(CO)C3O)C(O)C(O)C2O)cc2occ(-c3ccc(O)cc3)c(=O)c2c1O. The molecule has 2 aliphatic rings. The van der Waals surface area contributed by atoms with Crippen molar-refractivity contribution >= 4 is 11.0 Å². The third kappa shape index (κ3) is 5.26. The number of benzene rings is 2. The lowest BCUT2D eigenvalue weighted by Gasteiger charge is -2.40. The lowest BCUT2D eigenvalue weighted by molar-refractivity contribution is -0.289. The van der Waals surface area contributed by atoms with Crippen molar-refractivity contribution in [1.82, 2.24) is 0 Å². The highest BCUT2D eigenvalue weighted by molar-refractivity contribution is 5.91. The first-order valence-electron chi connectivity index (χ1n) is 12.7. The molecule has 0 radical (unpaired) electrons. The molecule has 8 atom stereocenters. The van der Waals surface area contributed by atoms with Crippen molar-refractivity contribution in [3.8, 4) is 34.1 Å². The number of aromatic hydroxyl groups is 2. The molecule has 3 aromatic rings. The maximum Gasteiger partial charge on any atom is 0.229 e. The number of phenols is 2. The summed E-state index contributed by atoms with van der Waals surface area (Å²) < 4.78 is 32.7. The van der Waals surface area contributed by atoms with Gasteiger partial charge in [0.1, 0.15) is 59.1 Å². The number of aliphatic hydroxyl groups is 6. The summed E-state index contributed by atoms with van der Waals surface area (Å²) in [6, 6.07) is 6.95. The third-order valence-electron chi connectivity index (χ3n) is 7.26. The zero-order chi connectivity index (χ0) is 30.3. The van der Waals surface area contributed by atoms with Gasteiger partial charge in [-0.15, -0.1) is 0 Å². The van der Waals surface area contributed by atoms with Gasteiger partial charge in [-0.2, -0.15) is 0 Å². The van der Waals surface area contributed by atoms with Gasteiger partial charge >= 0.3 is 0 Å². The monoisotopic (exact) mass is 594 g/mol. The number of rotatable bonds is 8. The van der Waals surface area contributed by atoms with Gasteiger partial charge in [0.05, 0.1) is 32.5 Å². The van der Waals surface area contributed by atoms with Gasteiger partial charge in [-0.25, -0.2) is 0 Å². The molecule has 0 aliphatic carbocycles. The Kier molecular flexibility index (Phi) is 8.30. The molecule has 1 aromatic heterocycles. The van der Waals surface area contributed by atoms with E-state index in [-0.39, 0.29) is 33.8 Å². The summed E-state index contributed by atoms with van der Waals surface area (Å²) in [7, 11) is 1.19. The molecule has 228 valence electrons. The van der Waals surface area contributed by atoms with Gasteiger partial charge in [0.2, 0.25) is 17.5 Å². The normalized spacial score (nSPS) is 31.4. The number of hydrogen-bond acceptors (Lipinski definition) is 15. The van der Waals surface area contributed by atoms with Crippen molar-refractivity contribution in [2.75, 3.05) is 26.9 Å². The number of methoxy groups -OCH3 is 1. The summed E-state index contributed by atoms with van der Waals surface area (Å²) in [4.78, 5) is 13.3. The maximum absolute atomic E-state index is 13.3. The first kappa shape index (κ1) is 30.0. The Morgan fingerprint density at radius 3 is 2.38 bits per heavy atom. The number of aliphatic hydroxyl groups excluding tert-OH is 5. The molecule has 8 N–H and O–H groups in total. The standard InChI is InChI=1S/C27H30O15/c1-37-23-15(6-14-17(20(23)32)18(30)13(7-38-14)11-2-4-12(29)5-3-11)41-25-22(34)21(33)19(31)16(42-25)8-39-26-24(35)27(36,9-28)10-40-26/h2-7,16,19,21-22,24-26,28-29,31-36H,8-10H2,1H3. The summed E-state index contributed by atoms with van der Waals surface area (Å²) in [5.41, 5.74) is -2.18. The lowest BCUT2D eigenvalue weighted by Crippen LogP contribution is -2.60. The second-order valence-electron chi connectivity index (χ2n) is 10.0. The van der Waals surface area contributed by atoms with E-state index in [1.54, 1.807) is 0 Å². The topological polar surface area (TPSA) is 238 Å². The van der Waals surface area contributed by atoms with Crippen molar-refractivity contribution in [3.63, 3.8) is 0 Å². The van der Waals surface area contributed by atoms with Gasteiger partial charge in [-0.3, -0.25) is 4.79 Å². The van der Waals surface area contributed by atoms with Crippen LogP contribution in [0.5, 0.6) is 23.0 Å².